The van der Waals surface area contributed by atoms with Gasteiger partial charge in [0.1, 0.15) is 12.1 Å². The number of nitrogens with zero attached hydrogens (tertiary/aromatic N) is 1. The number of esters is 1. The van der Waals surface area contributed by atoms with Crippen molar-refractivity contribution < 1.29 is 19.1 Å². The Kier molecular flexibility index (Phi) is 6.50. The normalized spacial score (nSPS) is 18.8. The molecule has 7 nitrogen and oxygen atoms in total. The Bertz CT molecular complexity index is 416. The van der Waals surface area contributed by atoms with Crippen LogP contribution in [0.15, 0.2) is 0 Å². The molecule has 2 N–H and O–H groups in total. The first-order chi connectivity index (χ1) is 9.58. The predicted octanol–water partition coefficient (Wildman–Crippen LogP) is 0.00678. The van der Waals surface area contributed by atoms with Crippen molar-refractivity contribution in [2.75, 3.05) is 7.11 Å². The number of nitrogens with one attached hydrogen (secondary N) is 2. The quantitative estimate of drug-likeness (QED) is 0.504. The van der Waals surface area contributed by atoms with Gasteiger partial charge in [0.25, 0.3) is 0 Å². The molecule has 1 aliphatic heterocycles. The summed E-state index contributed by atoms with van der Waals surface area (Å²) < 4.78 is 4.65. The van der Waals surface area contributed by atoms with Crippen molar-refractivity contribution in [3.05, 3.63) is 0 Å². The first-order valence-electron chi connectivity index (χ1n) is 6.63. The highest BCUT2D eigenvalue weighted by Gasteiger charge is 2.30. The first kappa shape index (κ1) is 16.0. The summed E-state index contributed by atoms with van der Waals surface area (Å²) in [5, 5.41) is 13.6. The highest BCUT2D eigenvalue weighted by atomic mass is 16.5. The molecule has 0 saturated carbocycles. The standard InChI is InChI=1S/C13H19N3O4/c1-20-13(19)10(5-3-2-4-8-14)16-12(18)9-6-7-11(17)15-9/h9-10H,2-7H2,1H3,(H,15,17)(H,16,18)/t9-,10-/m0/s1. The Labute approximate surface area is 117 Å². The van der Waals surface area contributed by atoms with E-state index < -0.39 is 18.1 Å². The molecule has 1 saturated heterocycles. The largest absolute Gasteiger partial charge is 0.467 e. The van der Waals surface area contributed by atoms with Crippen LogP contribution in [0.25, 0.3) is 0 Å². The zero-order chi connectivity index (χ0) is 15.0. The summed E-state index contributed by atoms with van der Waals surface area (Å²) in [6.45, 7) is 0. The van der Waals surface area contributed by atoms with E-state index in [1.807, 2.05) is 6.07 Å². The third kappa shape index (κ3) is 4.88. The molecule has 1 fully saturated rings. The van der Waals surface area contributed by atoms with Crippen molar-refractivity contribution in [1.29, 1.82) is 5.26 Å². The van der Waals surface area contributed by atoms with Gasteiger partial charge < -0.3 is 15.4 Å². The smallest absolute Gasteiger partial charge is 0.328 e. The second-order valence-corrected chi connectivity index (χ2v) is 4.65. The van der Waals surface area contributed by atoms with Crippen LogP contribution in [0.3, 0.4) is 0 Å². The Morgan fingerprint density at radius 1 is 1.55 bits per heavy atom. The second kappa shape index (κ2) is 8.15. The van der Waals surface area contributed by atoms with Gasteiger partial charge in [-0.15, -0.1) is 0 Å². The van der Waals surface area contributed by atoms with Crippen LogP contribution in [0.2, 0.25) is 0 Å². The summed E-state index contributed by atoms with van der Waals surface area (Å²) in [7, 11) is 1.26. The molecule has 0 aromatic rings. The van der Waals surface area contributed by atoms with Crippen LogP contribution in [0, 0.1) is 11.3 Å². The van der Waals surface area contributed by atoms with E-state index in [0.29, 0.717) is 38.5 Å². The first-order valence-corrected chi connectivity index (χ1v) is 6.63. The molecule has 1 heterocycles. The fourth-order valence-electron chi connectivity index (χ4n) is 2.03. The van der Waals surface area contributed by atoms with Gasteiger partial charge in [-0.25, -0.2) is 4.79 Å². The lowest BCUT2D eigenvalue weighted by atomic mass is 10.1. The van der Waals surface area contributed by atoms with Crippen LogP contribution >= 0.6 is 0 Å². The van der Waals surface area contributed by atoms with Crippen molar-refractivity contribution in [3.8, 4) is 6.07 Å². The molecule has 0 aromatic heterocycles. The minimum absolute atomic E-state index is 0.159. The van der Waals surface area contributed by atoms with Gasteiger partial charge in [0.15, 0.2) is 0 Å². The fraction of sp³-hybridized carbons (Fsp3) is 0.692. The average molecular weight is 281 g/mol. The van der Waals surface area contributed by atoms with Crippen LogP contribution in [0.5, 0.6) is 0 Å². The van der Waals surface area contributed by atoms with Gasteiger partial charge in [0.2, 0.25) is 11.8 Å². The predicted molar refractivity (Wildman–Crippen MR) is 69.2 cm³/mol. The monoisotopic (exact) mass is 281 g/mol. The number of carbonyl (C=O) groups is 3. The van der Waals surface area contributed by atoms with Gasteiger partial charge in [-0.05, 0) is 25.7 Å². The van der Waals surface area contributed by atoms with E-state index >= 15 is 0 Å². The number of unbranched alkanes of at least 4 members (excludes halogenated alkanes) is 2. The van der Waals surface area contributed by atoms with Crippen LogP contribution < -0.4 is 10.6 Å². The lowest BCUT2D eigenvalue weighted by Gasteiger charge is -2.18. The molecule has 1 rings (SSSR count). The van der Waals surface area contributed by atoms with E-state index in [-0.39, 0.29) is 11.8 Å². The molecule has 2 amide bonds. The van der Waals surface area contributed by atoms with Crippen LogP contribution in [-0.2, 0) is 19.1 Å². The Hall–Kier alpha value is -2.10. The minimum Gasteiger partial charge on any atom is -0.467 e. The number of hydrogen-bond acceptors (Lipinski definition) is 5. The molecule has 0 aliphatic carbocycles. The van der Waals surface area contributed by atoms with Gasteiger partial charge in [-0.3, -0.25) is 9.59 Å². The van der Waals surface area contributed by atoms with Crippen LogP contribution in [0.4, 0.5) is 0 Å². The zero-order valence-electron chi connectivity index (χ0n) is 11.5. The third-order valence-electron chi connectivity index (χ3n) is 3.15. The number of rotatable bonds is 7. The second-order valence-electron chi connectivity index (χ2n) is 4.65. The SMILES string of the molecule is COC(=O)[C@H](CCCCC#N)NC(=O)[C@@H]1CCC(=O)N1. The highest BCUT2D eigenvalue weighted by molar-refractivity contribution is 5.93. The van der Waals surface area contributed by atoms with Crippen molar-refractivity contribution in [2.45, 2.75) is 50.6 Å². The lowest BCUT2D eigenvalue weighted by Crippen LogP contribution is -2.49. The molecule has 110 valence electrons. The van der Waals surface area contributed by atoms with Gasteiger partial charge in [0, 0.05) is 12.8 Å². The van der Waals surface area contributed by atoms with Crippen LogP contribution in [0.1, 0.15) is 38.5 Å². The Balaban J connectivity index is 2.47. The van der Waals surface area contributed by atoms with Crippen molar-refractivity contribution in [3.63, 3.8) is 0 Å². The number of amides is 2. The number of hydrogen-bond donors (Lipinski definition) is 2. The van der Waals surface area contributed by atoms with Gasteiger partial charge in [-0.2, -0.15) is 5.26 Å². The molecule has 0 bridgehead atoms. The maximum Gasteiger partial charge on any atom is 0.328 e. The van der Waals surface area contributed by atoms with E-state index in [1.165, 1.54) is 7.11 Å². The van der Waals surface area contributed by atoms with E-state index in [0.717, 1.165) is 0 Å². The van der Waals surface area contributed by atoms with E-state index in [2.05, 4.69) is 15.4 Å². The summed E-state index contributed by atoms with van der Waals surface area (Å²) in [6.07, 6.45) is 2.90. The Morgan fingerprint density at radius 3 is 2.85 bits per heavy atom. The highest BCUT2D eigenvalue weighted by Crippen LogP contribution is 2.09. The molecule has 7 heteroatoms. The number of ether oxygens (including phenoxy) is 1. The van der Waals surface area contributed by atoms with Gasteiger partial charge >= 0.3 is 5.97 Å². The van der Waals surface area contributed by atoms with E-state index in [1.54, 1.807) is 0 Å². The molecule has 2 atom stereocenters. The molecule has 1 aliphatic rings. The molecular formula is C13H19N3O4. The van der Waals surface area contributed by atoms with Gasteiger partial charge in [0.05, 0.1) is 13.2 Å². The number of carbonyl (C=O) groups excluding carboxylic acids is 3. The maximum atomic E-state index is 11.9. The maximum absolute atomic E-state index is 11.9. The zero-order valence-corrected chi connectivity index (χ0v) is 11.5. The molecule has 0 radical (unpaired) electrons. The lowest BCUT2D eigenvalue weighted by molar-refractivity contribution is -0.145. The van der Waals surface area contributed by atoms with E-state index in [4.69, 9.17) is 5.26 Å². The molecular weight excluding hydrogens is 262 g/mol. The summed E-state index contributed by atoms with van der Waals surface area (Å²) in [4.78, 5) is 34.6. The summed E-state index contributed by atoms with van der Waals surface area (Å²) in [5.74, 6) is -1.04. The van der Waals surface area contributed by atoms with Crippen LogP contribution in [-0.4, -0.2) is 37.0 Å². The third-order valence-corrected chi connectivity index (χ3v) is 3.15. The molecule has 20 heavy (non-hydrogen) atoms. The Morgan fingerprint density at radius 2 is 2.30 bits per heavy atom. The minimum atomic E-state index is -0.733. The topological polar surface area (TPSA) is 108 Å². The van der Waals surface area contributed by atoms with Crippen molar-refractivity contribution >= 4 is 17.8 Å². The number of methoxy groups -OCH3 is 1. The summed E-state index contributed by atoms with van der Waals surface area (Å²) >= 11 is 0. The fourth-order valence-corrected chi connectivity index (χ4v) is 2.03. The molecule has 0 aromatic carbocycles. The van der Waals surface area contributed by atoms with Gasteiger partial charge in [-0.1, -0.05) is 0 Å². The summed E-state index contributed by atoms with van der Waals surface area (Å²) in [5.41, 5.74) is 0. The number of nitriles is 1. The van der Waals surface area contributed by atoms with Crippen molar-refractivity contribution in [1.82, 2.24) is 10.6 Å². The molecule has 0 unspecified atom stereocenters. The summed E-state index contributed by atoms with van der Waals surface area (Å²) in [6, 6.07) is 0.716. The van der Waals surface area contributed by atoms with Crippen molar-refractivity contribution in [2.24, 2.45) is 0 Å². The average Bonchev–Trinajstić information content (AvgIpc) is 2.88. The van der Waals surface area contributed by atoms with E-state index in [9.17, 15) is 14.4 Å². The molecule has 0 spiro atoms.